The number of rotatable bonds is 7. The number of nitrogens with one attached hydrogen (secondary N) is 1. The topological polar surface area (TPSA) is 69.2 Å². The third-order valence-electron chi connectivity index (χ3n) is 4.78. The fourth-order valence-electron chi connectivity index (χ4n) is 3.34. The van der Waals surface area contributed by atoms with Crippen LogP contribution in [-0.4, -0.2) is 41.8 Å². The van der Waals surface area contributed by atoms with Gasteiger partial charge in [0, 0.05) is 57.0 Å². The van der Waals surface area contributed by atoms with Gasteiger partial charge < -0.3 is 14.8 Å². The first-order chi connectivity index (χ1) is 14.3. The lowest BCUT2D eigenvalue weighted by Crippen LogP contribution is -2.26. The zero-order chi connectivity index (χ0) is 20.1. The van der Waals surface area contributed by atoms with Gasteiger partial charge in [-0.05, 0) is 30.3 Å². The molecule has 1 aliphatic rings. The Labute approximate surface area is 169 Å². The van der Waals surface area contributed by atoms with E-state index in [-0.39, 0.29) is 5.75 Å². The molecule has 2 aromatic heterocycles. The van der Waals surface area contributed by atoms with Gasteiger partial charge in [0.25, 0.3) is 0 Å². The SMILES string of the molecule is COCCCOc1ccc(-c2nc(-c3ccccn3)nc3c2CNCC3)cc1F. The summed E-state index contributed by atoms with van der Waals surface area (Å²) in [6.45, 7) is 2.49. The largest absolute Gasteiger partial charge is 0.490 e. The van der Waals surface area contributed by atoms with Gasteiger partial charge in [-0.3, -0.25) is 4.98 Å². The van der Waals surface area contributed by atoms with E-state index in [0.717, 1.165) is 29.9 Å². The van der Waals surface area contributed by atoms with Crippen molar-refractivity contribution in [2.24, 2.45) is 0 Å². The fraction of sp³-hybridized carbons (Fsp3) is 0.318. The molecule has 3 heterocycles. The van der Waals surface area contributed by atoms with Gasteiger partial charge in [0.1, 0.15) is 5.69 Å². The van der Waals surface area contributed by atoms with E-state index < -0.39 is 5.82 Å². The molecule has 7 heteroatoms. The van der Waals surface area contributed by atoms with Gasteiger partial charge in [0.2, 0.25) is 0 Å². The van der Waals surface area contributed by atoms with Crippen LogP contribution in [0.2, 0.25) is 0 Å². The second-order valence-electron chi connectivity index (χ2n) is 6.80. The number of aromatic nitrogens is 3. The summed E-state index contributed by atoms with van der Waals surface area (Å²) in [7, 11) is 1.63. The number of ether oxygens (including phenoxy) is 2. The molecule has 1 aromatic carbocycles. The summed E-state index contributed by atoms with van der Waals surface area (Å²) in [4.78, 5) is 13.8. The van der Waals surface area contributed by atoms with Crippen LogP contribution in [0.5, 0.6) is 5.75 Å². The Kier molecular flexibility index (Phi) is 6.07. The molecule has 0 spiro atoms. The third-order valence-corrected chi connectivity index (χ3v) is 4.78. The second kappa shape index (κ2) is 9.07. The smallest absolute Gasteiger partial charge is 0.178 e. The molecule has 0 atom stereocenters. The molecule has 3 aromatic rings. The van der Waals surface area contributed by atoms with Crippen LogP contribution in [0.1, 0.15) is 17.7 Å². The Morgan fingerprint density at radius 3 is 2.86 bits per heavy atom. The van der Waals surface area contributed by atoms with Gasteiger partial charge >= 0.3 is 0 Å². The Balaban J connectivity index is 1.69. The molecule has 0 saturated heterocycles. The minimum atomic E-state index is -0.407. The predicted molar refractivity (Wildman–Crippen MR) is 108 cm³/mol. The van der Waals surface area contributed by atoms with Crippen molar-refractivity contribution in [1.82, 2.24) is 20.3 Å². The molecular formula is C22H23FN4O2. The first-order valence-corrected chi connectivity index (χ1v) is 9.70. The summed E-state index contributed by atoms with van der Waals surface area (Å²) < 4.78 is 25.2. The molecule has 6 nitrogen and oxygen atoms in total. The minimum Gasteiger partial charge on any atom is -0.490 e. The number of benzene rings is 1. The average Bonchev–Trinajstić information content (AvgIpc) is 2.77. The first-order valence-electron chi connectivity index (χ1n) is 9.70. The molecule has 29 heavy (non-hydrogen) atoms. The van der Waals surface area contributed by atoms with Crippen molar-refractivity contribution in [3.8, 4) is 28.5 Å². The number of halogens is 1. The molecule has 0 fully saturated rings. The number of pyridine rings is 1. The van der Waals surface area contributed by atoms with E-state index in [1.165, 1.54) is 6.07 Å². The van der Waals surface area contributed by atoms with E-state index >= 15 is 0 Å². The van der Waals surface area contributed by atoms with Crippen molar-refractivity contribution in [1.29, 1.82) is 0 Å². The van der Waals surface area contributed by atoms with Crippen molar-refractivity contribution in [2.75, 3.05) is 26.9 Å². The molecular weight excluding hydrogens is 371 g/mol. The summed E-state index contributed by atoms with van der Waals surface area (Å²) in [5, 5.41) is 3.35. The quantitative estimate of drug-likeness (QED) is 0.620. The van der Waals surface area contributed by atoms with Crippen molar-refractivity contribution < 1.29 is 13.9 Å². The van der Waals surface area contributed by atoms with Crippen LogP contribution in [0, 0.1) is 5.82 Å². The van der Waals surface area contributed by atoms with Crippen molar-refractivity contribution >= 4 is 0 Å². The molecule has 150 valence electrons. The zero-order valence-electron chi connectivity index (χ0n) is 16.3. The molecule has 0 radical (unpaired) electrons. The first kappa shape index (κ1) is 19.4. The molecule has 0 bridgehead atoms. The standard InChI is InChI=1S/C22H23FN4O2/c1-28-11-4-12-29-20-7-6-15(13-17(20)23)21-16-14-24-10-8-18(16)26-22(27-21)19-5-2-3-9-25-19/h2-3,5-7,9,13,24H,4,8,10-12,14H2,1H3. The number of methoxy groups -OCH3 is 1. The van der Waals surface area contributed by atoms with E-state index in [9.17, 15) is 4.39 Å². The Hall–Kier alpha value is -2.90. The zero-order valence-corrected chi connectivity index (χ0v) is 16.3. The molecule has 1 aliphatic heterocycles. The highest BCUT2D eigenvalue weighted by Gasteiger charge is 2.20. The monoisotopic (exact) mass is 394 g/mol. The normalized spacial score (nSPS) is 13.2. The van der Waals surface area contributed by atoms with E-state index in [0.29, 0.717) is 43.3 Å². The predicted octanol–water partition coefficient (Wildman–Crippen LogP) is 3.41. The highest BCUT2D eigenvalue weighted by atomic mass is 19.1. The van der Waals surface area contributed by atoms with Crippen LogP contribution in [0.4, 0.5) is 4.39 Å². The van der Waals surface area contributed by atoms with Gasteiger partial charge in [-0.1, -0.05) is 6.07 Å². The summed E-state index contributed by atoms with van der Waals surface area (Å²) in [5.74, 6) is 0.382. The highest BCUT2D eigenvalue weighted by molar-refractivity contribution is 5.68. The van der Waals surface area contributed by atoms with Gasteiger partial charge in [-0.15, -0.1) is 0 Å². The van der Waals surface area contributed by atoms with E-state index in [4.69, 9.17) is 19.4 Å². The fourth-order valence-corrected chi connectivity index (χ4v) is 3.34. The van der Waals surface area contributed by atoms with Gasteiger partial charge in [0.05, 0.1) is 18.0 Å². The lowest BCUT2D eigenvalue weighted by molar-refractivity contribution is 0.170. The van der Waals surface area contributed by atoms with Crippen molar-refractivity contribution in [3.05, 3.63) is 59.7 Å². The van der Waals surface area contributed by atoms with Crippen LogP contribution >= 0.6 is 0 Å². The van der Waals surface area contributed by atoms with E-state index in [2.05, 4.69) is 10.3 Å². The van der Waals surface area contributed by atoms with Gasteiger partial charge in [0.15, 0.2) is 17.4 Å². The lowest BCUT2D eigenvalue weighted by atomic mass is 9.99. The second-order valence-corrected chi connectivity index (χ2v) is 6.80. The van der Waals surface area contributed by atoms with Crippen LogP contribution in [0.25, 0.3) is 22.8 Å². The van der Waals surface area contributed by atoms with E-state index in [1.54, 1.807) is 19.4 Å². The maximum atomic E-state index is 14.7. The van der Waals surface area contributed by atoms with E-state index in [1.807, 2.05) is 24.3 Å². The van der Waals surface area contributed by atoms with Crippen LogP contribution in [-0.2, 0) is 17.7 Å². The summed E-state index contributed by atoms with van der Waals surface area (Å²) in [6, 6.07) is 10.6. The molecule has 0 unspecified atom stereocenters. The molecule has 0 amide bonds. The molecule has 4 rings (SSSR count). The van der Waals surface area contributed by atoms with Crippen molar-refractivity contribution in [3.63, 3.8) is 0 Å². The summed E-state index contributed by atoms with van der Waals surface area (Å²) in [6.07, 6.45) is 3.22. The maximum absolute atomic E-state index is 14.7. The number of fused-ring (bicyclic) bond motifs is 1. The summed E-state index contributed by atoms with van der Waals surface area (Å²) >= 11 is 0. The number of nitrogens with zero attached hydrogens (tertiary/aromatic N) is 3. The average molecular weight is 394 g/mol. The third kappa shape index (κ3) is 4.41. The Morgan fingerprint density at radius 1 is 1.14 bits per heavy atom. The Bertz CT molecular complexity index is 982. The number of hydrogen-bond acceptors (Lipinski definition) is 6. The Morgan fingerprint density at radius 2 is 2.07 bits per heavy atom. The van der Waals surface area contributed by atoms with Crippen LogP contribution in [0.15, 0.2) is 42.6 Å². The van der Waals surface area contributed by atoms with Gasteiger partial charge in [-0.2, -0.15) is 0 Å². The highest BCUT2D eigenvalue weighted by Crippen LogP contribution is 2.31. The van der Waals surface area contributed by atoms with Crippen LogP contribution < -0.4 is 10.1 Å². The molecule has 0 saturated carbocycles. The van der Waals surface area contributed by atoms with Gasteiger partial charge in [-0.25, -0.2) is 14.4 Å². The molecule has 0 aliphatic carbocycles. The molecule has 1 N–H and O–H groups in total. The van der Waals surface area contributed by atoms with Crippen LogP contribution in [0.3, 0.4) is 0 Å². The minimum absolute atomic E-state index is 0.232. The number of hydrogen-bond donors (Lipinski definition) is 1. The maximum Gasteiger partial charge on any atom is 0.178 e. The van der Waals surface area contributed by atoms with Crippen molar-refractivity contribution in [2.45, 2.75) is 19.4 Å². The lowest BCUT2D eigenvalue weighted by Gasteiger charge is -2.20. The summed E-state index contributed by atoms with van der Waals surface area (Å²) in [5.41, 5.74) is 4.12.